The monoisotopic (exact) mass is 245 g/mol. The highest BCUT2D eigenvalue weighted by molar-refractivity contribution is 5.76. The zero-order valence-corrected chi connectivity index (χ0v) is 10.4. The van der Waals surface area contributed by atoms with Crippen molar-refractivity contribution in [2.75, 3.05) is 0 Å². The molecule has 5 nitrogen and oxygen atoms in total. The van der Waals surface area contributed by atoms with Gasteiger partial charge in [-0.15, -0.1) is 0 Å². The number of hydrogen-bond acceptors (Lipinski definition) is 3. The van der Waals surface area contributed by atoms with Crippen molar-refractivity contribution in [2.45, 2.75) is 19.3 Å². The molecule has 0 bridgehead atoms. The molecule has 0 radical (unpaired) electrons. The molecule has 0 fully saturated rings. The molecule has 18 heavy (non-hydrogen) atoms. The lowest BCUT2D eigenvalue weighted by Gasteiger charge is -2.14. The molecule has 0 saturated heterocycles. The second-order valence-electron chi connectivity index (χ2n) is 4.25. The maximum atomic E-state index is 11.4. The molecule has 1 N–H and O–H groups in total. The highest BCUT2D eigenvalue weighted by atomic mass is 16.4. The number of carbonyl (C=O) groups is 1. The van der Waals surface area contributed by atoms with E-state index in [1.165, 1.54) is 6.33 Å². The maximum absolute atomic E-state index is 11.4. The Morgan fingerprint density at radius 3 is 2.72 bits per heavy atom. The minimum absolute atomic E-state index is 0.344. The van der Waals surface area contributed by atoms with E-state index in [2.05, 4.69) is 10.1 Å². The van der Waals surface area contributed by atoms with Gasteiger partial charge >= 0.3 is 5.97 Å². The number of benzene rings is 1. The first-order valence-corrected chi connectivity index (χ1v) is 5.71. The van der Waals surface area contributed by atoms with Gasteiger partial charge in [-0.25, -0.2) is 4.98 Å². The molecule has 0 aliphatic rings. The van der Waals surface area contributed by atoms with E-state index in [0.717, 1.165) is 11.1 Å². The van der Waals surface area contributed by atoms with Crippen molar-refractivity contribution in [3.05, 3.63) is 47.5 Å². The number of hydrogen-bond donors (Lipinski definition) is 1. The highest BCUT2D eigenvalue weighted by Gasteiger charge is 2.23. The van der Waals surface area contributed by atoms with Crippen LogP contribution in [0.15, 0.2) is 30.6 Å². The molecular weight excluding hydrogens is 230 g/mol. The van der Waals surface area contributed by atoms with Crippen molar-refractivity contribution < 1.29 is 9.90 Å². The van der Waals surface area contributed by atoms with Crippen LogP contribution in [0, 0.1) is 6.92 Å². The zero-order valence-electron chi connectivity index (χ0n) is 10.4. The predicted octanol–water partition coefficient (Wildman–Crippen LogP) is 1.53. The van der Waals surface area contributed by atoms with Crippen LogP contribution in [0.25, 0.3) is 0 Å². The number of rotatable bonds is 4. The Morgan fingerprint density at radius 2 is 2.17 bits per heavy atom. The number of aryl methyl sites for hydroxylation is 2. The van der Waals surface area contributed by atoms with Gasteiger partial charge in [0.05, 0.1) is 5.92 Å². The van der Waals surface area contributed by atoms with Crippen LogP contribution >= 0.6 is 0 Å². The van der Waals surface area contributed by atoms with Gasteiger partial charge in [-0.3, -0.25) is 9.48 Å². The zero-order chi connectivity index (χ0) is 13.1. The Morgan fingerprint density at radius 1 is 1.44 bits per heavy atom. The summed E-state index contributed by atoms with van der Waals surface area (Å²) < 4.78 is 1.61. The molecule has 2 rings (SSSR count). The third-order valence-corrected chi connectivity index (χ3v) is 3.05. The third-order valence-electron chi connectivity index (χ3n) is 3.05. The molecule has 1 aromatic carbocycles. The van der Waals surface area contributed by atoms with E-state index in [-0.39, 0.29) is 0 Å². The van der Waals surface area contributed by atoms with E-state index in [1.54, 1.807) is 11.7 Å². The van der Waals surface area contributed by atoms with Crippen LogP contribution in [0.5, 0.6) is 0 Å². The second-order valence-corrected chi connectivity index (χ2v) is 4.25. The lowest BCUT2D eigenvalue weighted by atomic mass is 9.92. The van der Waals surface area contributed by atoms with Gasteiger partial charge in [-0.05, 0) is 18.1 Å². The van der Waals surface area contributed by atoms with Crippen LogP contribution in [0.1, 0.15) is 22.9 Å². The molecule has 1 heterocycles. The molecule has 1 unspecified atom stereocenters. The van der Waals surface area contributed by atoms with Gasteiger partial charge < -0.3 is 5.11 Å². The third kappa shape index (κ3) is 2.40. The summed E-state index contributed by atoms with van der Waals surface area (Å²) in [6, 6.07) is 7.53. The van der Waals surface area contributed by atoms with Crippen molar-refractivity contribution in [2.24, 2.45) is 7.05 Å². The van der Waals surface area contributed by atoms with E-state index < -0.39 is 11.9 Å². The highest BCUT2D eigenvalue weighted by Crippen LogP contribution is 2.23. The fourth-order valence-corrected chi connectivity index (χ4v) is 2.00. The van der Waals surface area contributed by atoms with Gasteiger partial charge in [0.2, 0.25) is 0 Å². The van der Waals surface area contributed by atoms with Gasteiger partial charge in [0.15, 0.2) is 0 Å². The van der Waals surface area contributed by atoms with Crippen LogP contribution in [-0.2, 0) is 18.3 Å². The van der Waals surface area contributed by atoms with Gasteiger partial charge in [0.25, 0.3) is 0 Å². The number of nitrogens with zero attached hydrogens (tertiary/aromatic N) is 3. The summed E-state index contributed by atoms with van der Waals surface area (Å²) in [4.78, 5) is 15.5. The van der Waals surface area contributed by atoms with E-state index in [0.29, 0.717) is 12.2 Å². The molecule has 2 aromatic rings. The number of carboxylic acid groups (broad SMARTS) is 1. The van der Waals surface area contributed by atoms with Crippen LogP contribution in [0.3, 0.4) is 0 Å². The van der Waals surface area contributed by atoms with Crippen LogP contribution in [0.4, 0.5) is 0 Å². The van der Waals surface area contributed by atoms with Gasteiger partial charge in [-0.2, -0.15) is 5.10 Å². The summed E-state index contributed by atoms with van der Waals surface area (Å²) in [5.74, 6) is -0.757. The lowest BCUT2D eigenvalue weighted by molar-refractivity contribution is -0.138. The Kier molecular flexibility index (Phi) is 3.41. The fourth-order valence-electron chi connectivity index (χ4n) is 2.00. The molecule has 0 aliphatic heterocycles. The Bertz CT molecular complexity index is 563. The minimum Gasteiger partial charge on any atom is -0.481 e. The summed E-state index contributed by atoms with van der Waals surface area (Å²) in [5, 5.41) is 13.3. The summed E-state index contributed by atoms with van der Waals surface area (Å²) in [6.45, 7) is 1.92. The summed E-state index contributed by atoms with van der Waals surface area (Å²) >= 11 is 0. The van der Waals surface area contributed by atoms with Crippen molar-refractivity contribution >= 4 is 5.97 Å². The van der Waals surface area contributed by atoms with Crippen molar-refractivity contribution in [1.82, 2.24) is 14.8 Å². The van der Waals surface area contributed by atoms with Gasteiger partial charge in [0.1, 0.15) is 12.2 Å². The Hall–Kier alpha value is -2.17. The molecule has 0 aliphatic carbocycles. The van der Waals surface area contributed by atoms with Crippen molar-refractivity contribution in [1.29, 1.82) is 0 Å². The van der Waals surface area contributed by atoms with Crippen LogP contribution in [-0.4, -0.2) is 25.8 Å². The first-order chi connectivity index (χ1) is 8.59. The van der Waals surface area contributed by atoms with E-state index in [4.69, 9.17) is 0 Å². The molecule has 5 heteroatoms. The molecule has 0 spiro atoms. The number of carboxylic acids is 1. The van der Waals surface area contributed by atoms with Gasteiger partial charge in [-0.1, -0.05) is 24.3 Å². The largest absolute Gasteiger partial charge is 0.481 e. The Labute approximate surface area is 105 Å². The predicted molar refractivity (Wildman–Crippen MR) is 66.3 cm³/mol. The SMILES string of the molecule is Cc1ccccc1C(Cc1ncnn1C)C(=O)O. The molecular formula is C13H15N3O2. The smallest absolute Gasteiger partial charge is 0.311 e. The maximum Gasteiger partial charge on any atom is 0.311 e. The van der Waals surface area contributed by atoms with E-state index in [1.807, 2.05) is 31.2 Å². The first-order valence-electron chi connectivity index (χ1n) is 5.71. The topological polar surface area (TPSA) is 68.0 Å². The molecule has 1 aromatic heterocycles. The standard InChI is InChI=1S/C13H15N3O2/c1-9-5-3-4-6-10(9)11(13(17)18)7-12-14-8-15-16(12)2/h3-6,8,11H,7H2,1-2H3,(H,17,18). The molecule has 0 amide bonds. The van der Waals surface area contributed by atoms with Gasteiger partial charge in [0, 0.05) is 13.5 Å². The number of aromatic nitrogens is 3. The average Bonchev–Trinajstić information content (AvgIpc) is 2.73. The molecule has 94 valence electrons. The number of aliphatic carboxylic acids is 1. The second kappa shape index (κ2) is 5.00. The van der Waals surface area contributed by atoms with E-state index >= 15 is 0 Å². The Balaban J connectivity index is 2.33. The summed E-state index contributed by atoms with van der Waals surface area (Å²) in [5.41, 5.74) is 1.81. The fraction of sp³-hybridized carbons (Fsp3) is 0.308. The quantitative estimate of drug-likeness (QED) is 0.887. The first kappa shape index (κ1) is 12.3. The summed E-state index contributed by atoms with van der Waals surface area (Å²) in [6.07, 6.45) is 1.78. The van der Waals surface area contributed by atoms with Crippen LogP contribution in [0.2, 0.25) is 0 Å². The lowest BCUT2D eigenvalue weighted by Crippen LogP contribution is -2.17. The normalized spacial score (nSPS) is 12.3. The minimum atomic E-state index is -0.840. The molecule has 0 saturated carbocycles. The van der Waals surface area contributed by atoms with Crippen molar-refractivity contribution in [3.8, 4) is 0 Å². The average molecular weight is 245 g/mol. The van der Waals surface area contributed by atoms with Crippen molar-refractivity contribution in [3.63, 3.8) is 0 Å². The summed E-state index contributed by atoms with van der Waals surface area (Å²) in [7, 11) is 1.76. The molecule has 1 atom stereocenters. The van der Waals surface area contributed by atoms with E-state index in [9.17, 15) is 9.90 Å². The van der Waals surface area contributed by atoms with Crippen LogP contribution < -0.4 is 0 Å².